The molecule has 17 heavy (non-hydrogen) atoms. The quantitative estimate of drug-likeness (QED) is 0.574. The minimum absolute atomic E-state index is 0.0890. The molecule has 0 unspecified atom stereocenters. The first kappa shape index (κ1) is 13.8. The van der Waals surface area contributed by atoms with Gasteiger partial charge in [0.25, 0.3) is 0 Å². The van der Waals surface area contributed by atoms with Gasteiger partial charge in [0.2, 0.25) is 5.91 Å². The van der Waals surface area contributed by atoms with E-state index in [0.717, 1.165) is 12.8 Å². The van der Waals surface area contributed by atoms with Crippen molar-refractivity contribution in [3.8, 4) is 11.8 Å². The summed E-state index contributed by atoms with van der Waals surface area (Å²) in [5, 5.41) is 12.7. The minimum Gasteiger partial charge on any atom is -0.389 e. The molecule has 3 nitrogen and oxygen atoms in total. The topological polar surface area (TPSA) is 49.3 Å². The van der Waals surface area contributed by atoms with Gasteiger partial charge in [0.15, 0.2) is 0 Å². The Kier molecular flexibility index (Phi) is 5.79. The average molecular weight is 235 g/mol. The Hall–Kier alpha value is -1.27. The lowest BCUT2D eigenvalue weighted by Crippen LogP contribution is -2.24. The summed E-state index contributed by atoms with van der Waals surface area (Å²) in [5.74, 6) is 6.25. The molecule has 0 aromatic rings. The molecule has 1 rings (SSSR count). The summed E-state index contributed by atoms with van der Waals surface area (Å²) in [6, 6.07) is 0.0890. The van der Waals surface area contributed by atoms with Crippen LogP contribution in [0.25, 0.3) is 0 Å². The fourth-order valence-corrected chi connectivity index (χ4v) is 1.70. The lowest BCUT2D eigenvalue weighted by atomic mass is 10.00. The van der Waals surface area contributed by atoms with E-state index in [-0.39, 0.29) is 17.9 Å². The molecule has 94 valence electrons. The van der Waals surface area contributed by atoms with Crippen LogP contribution in [-0.4, -0.2) is 23.2 Å². The first-order valence-electron chi connectivity index (χ1n) is 6.25. The van der Waals surface area contributed by atoms with Gasteiger partial charge in [-0.25, -0.2) is 0 Å². The third kappa shape index (κ3) is 5.06. The third-order valence-electron chi connectivity index (χ3n) is 2.88. The van der Waals surface area contributed by atoms with Crippen molar-refractivity contribution in [1.29, 1.82) is 0 Å². The van der Waals surface area contributed by atoms with Gasteiger partial charge in [0.1, 0.15) is 0 Å². The maximum atomic E-state index is 11.0. The summed E-state index contributed by atoms with van der Waals surface area (Å²) >= 11 is 0. The second-order valence-electron chi connectivity index (χ2n) is 4.48. The molecule has 0 aliphatic carbocycles. The summed E-state index contributed by atoms with van der Waals surface area (Å²) in [6.07, 6.45) is 6.14. The Morgan fingerprint density at radius 2 is 2.35 bits per heavy atom. The predicted octanol–water partition coefficient (Wildman–Crippen LogP) is 1.62. The Morgan fingerprint density at radius 3 is 2.94 bits per heavy atom. The van der Waals surface area contributed by atoms with Crippen LogP contribution < -0.4 is 5.32 Å². The molecule has 1 fully saturated rings. The SMILES string of the molecule is CCC#CC[C@H](C)[C@@H](O)/C=C/[C@H]1CCC(=O)N1. The van der Waals surface area contributed by atoms with Gasteiger partial charge in [0.05, 0.1) is 6.10 Å². The zero-order chi connectivity index (χ0) is 12.7. The summed E-state index contributed by atoms with van der Waals surface area (Å²) in [6.45, 7) is 3.99. The van der Waals surface area contributed by atoms with Gasteiger partial charge in [-0.05, 0) is 12.3 Å². The van der Waals surface area contributed by atoms with Gasteiger partial charge in [-0.1, -0.05) is 26.0 Å². The number of nitrogens with one attached hydrogen (secondary N) is 1. The number of aliphatic hydroxyl groups is 1. The van der Waals surface area contributed by atoms with Crippen LogP contribution in [0, 0.1) is 17.8 Å². The lowest BCUT2D eigenvalue weighted by molar-refractivity contribution is -0.119. The molecule has 0 saturated carbocycles. The van der Waals surface area contributed by atoms with E-state index in [4.69, 9.17) is 0 Å². The number of hydrogen-bond acceptors (Lipinski definition) is 2. The first-order valence-corrected chi connectivity index (χ1v) is 6.25. The van der Waals surface area contributed by atoms with Crippen molar-refractivity contribution in [2.75, 3.05) is 0 Å². The smallest absolute Gasteiger partial charge is 0.220 e. The van der Waals surface area contributed by atoms with Crippen molar-refractivity contribution in [2.24, 2.45) is 5.92 Å². The Bertz CT molecular complexity index is 338. The Morgan fingerprint density at radius 1 is 1.59 bits per heavy atom. The summed E-state index contributed by atoms with van der Waals surface area (Å²) < 4.78 is 0. The highest BCUT2D eigenvalue weighted by Gasteiger charge is 2.18. The van der Waals surface area contributed by atoms with Crippen molar-refractivity contribution >= 4 is 5.91 Å². The summed E-state index contributed by atoms with van der Waals surface area (Å²) in [4.78, 5) is 11.0. The van der Waals surface area contributed by atoms with Crippen molar-refractivity contribution < 1.29 is 9.90 Å². The summed E-state index contributed by atoms with van der Waals surface area (Å²) in [5.41, 5.74) is 0. The second kappa shape index (κ2) is 7.13. The molecular formula is C14H21NO2. The van der Waals surface area contributed by atoms with Crippen LogP contribution in [-0.2, 0) is 4.79 Å². The molecule has 0 bridgehead atoms. The van der Waals surface area contributed by atoms with Crippen LogP contribution in [0.3, 0.4) is 0 Å². The zero-order valence-electron chi connectivity index (χ0n) is 10.6. The Labute approximate surface area is 103 Å². The number of aliphatic hydroxyl groups excluding tert-OH is 1. The molecule has 0 radical (unpaired) electrons. The highest BCUT2D eigenvalue weighted by atomic mass is 16.3. The monoisotopic (exact) mass is 235 g/mol. The number of hydrogen-bond donors (Lipinski definition) is 2. The number of rotatable bonds is 4. The molecule has 0 aromatic heterocycles. The van der Waals surface area contributed by atoms with E-state index < -0.39 is 6.10 Å². The molecule has 3 heteroatoms. The highest BCUT2D eigenvalue weighted by molar-refractivity contribution is 5.78. The van der Waals surface area contributed by atoms with E-state index in [0.29, 0.717) is 12.8 Å². The normalized spacial score (nSPS) is 23.0. The molecule has 2 N–H and O–H groups in total. The number of carbonyl (C=O) groups is 1. The van der Waals surface area contributed by atoms with Crippen LogP contribution in [0.5, 0.6) is 0 Å². The molecule has 0 spiro atoms. The molecule has 1 aliphatic heterocycles. The van der Waals surface area contributed by atoms with Crippen LogP contribution in [0.15, 0.2) is 12.2 Å². The van der Waals surface area contributed by atoms with Gasteiger partial charge in [-0.3, -0.25) is 4.79 Å². The standard InChI is InChI=1S/C14H21NO2/c1-3-4-5-6-11(2)13(16)9-7-12-8-10-14(17)15-12/h7,9,11-13,16H,3,6,8,10H2,1-2H3,(H,15,17)/b9-7+/t11-,12-,13-/m0/s1. The highest BCUT2D eigenvalue weighted by Crippen LogP contribution is 2.12. The van der Waals surface area contributed by atoms with E-state index in [1.807, 2.05) is 19.9 Å². The van der Waals surface area contributed by atoms with Crippen LogP contribution in [0.2, 0.25) is 0 Å². The maximum absolute atomic E-state index is 11.0. The zero-order valence-corrected chi connectivity index (χ0v) is 10.6. The molecule has 1 amide bonds. The van der Waals surface area contributed by atoms with E-state index in [9.17, 15) is 9.90 Å². The molecule has 1 heterocycles. The second-order valence-corrected chi connectivity index (χ2v) is 4.48. The van der Waals surface area contributed by atoms with Gasteiger partial charge in [0, 0.05) is 25.3 Å². The van der Waals surface area contributed by atoms with E-state index in [1.165, 1.54) is 0 Å². The van der Waals surface area contributed by atoms with Crippen molar-refractivity contribution in [3.63, 3.8) is 0 Å². The average Bonchev–Trinajstić information content (AvgIpc) is 2.72. The molecule has 0 aromatic carbocycles. The van der Waals surface area contributed by atoms with E-state index in [1.54, 1.807) is 6.08 Å². The van der Waals surface area contributed by atoms with Gasteiger partial charge >= 0.3 is 0 Å². The predicted molar refractivity (Wildman–Crippen MR) is 68.2 cm³/mol. The maximum Gasteiger partial charge on any atom is 0.220 e. The number of carbonyl (C=O) groups excluding carboxylic acids is 1. The van der Waals surface area contributed by atoms with Crippen molar-refractivity contribution in [2.45, 2.75) is 51.7 Å². The first-order chi connectivity index (χ1) is 8.13. The van der Waals surface area contributed by atoms with Crippen molar-refractivity contribution in [3.05, 3.63) is 12.2 Å². The molecule has 1 saturated heterocycles. The molecular weight excluding hydrogens is 214 g/mol. The number of amides is 1. The van der Waals surface area contributed by atoms with Gasteiger partial charge < -0.3 is 10.4 Å². The fourth-order valence-electron chi connectivity index (χ4n) is 1.70. The van der Waals surface area contributed by atoms with Crippen LogP contribution in [0.1, 0.15) is 39.5 Å². The van der Waals surface area contributed by atoms with E-state index >= 15 is 0 Å². The Balaban J connectivity index is 2.34. The van der Waals surface area contributed by atoms with Crippen molar-refractivity contribution in [1.82, 2.24) is 5.32 Å². The van der Waals surface area contributed by atoms with E-state index in [2.05, 4.69) is 17.2 Å². The molecule has 3 atom stereocenters. The third-order valence-corrected chi connectivity index (χ3v) is 2.88. The van der Waals surface area contributed by atoms with Crippen LogP contribution in [0.4, 0.5) is 0 Å². The largest absolute Gasteiger partial charge is 0.389 e. The molecule has 1 aliphatic rings. The van der Waals surface area contributed by atoms with Gasteiger partial charge in [-0.2, -0.15) is 0 Å². The fraction of sp³-hybridized carbons (Fsp3) is 0.643. The van der Waals surface area contributed by atoms with Gasteiger partial charge in [-0.15, -0.1) is 11.8 Å². The summed E-state index contributed by atoms with van der Waals surface area (Å²) in [7, 11) is 0. The van der Waals surface area contributed by atoms with Crippen LogP contribution >= 0.6 is 0 Å². The minimum atomic E-state index is -0.487. The lowest BCUT2D eigenvalue weighted by Gasteiger charge is -2.13.